The van der Waals surface area contributed by atoms with Crippen molar-refractivity contribution in [2.24, 2.45) is 0 Å². The molecule has 0 heterocycles. The number of hydrogen-bond acceptors (Lipinski definition) is 2. The molecule has 4 heteroatoms. The summed E-state index contributed by atoms with van der Waals surface area (Å²) in [7, 11) is 0. The molecule has 100 valence electrons. The number of hydrogen-bond donors (Lipinski definition) is 1. The molecule has 0 aliphatic rings. The summed E-state index contributed by atoms with van der Waals surface area (Å²) in [4.78, 5) is 11.0. The minimum Gasteiger partial charge on any atom is -0.493 e. The van der Waals surface area contributed by atoms with Gasteiger partial charge in [-0.05, 0) is 24.6 Å². The molecule has 0 aromatic heterocycles. The molecule has 0 unspecified atom stereocenters. The van der Waals surface area contributed by atoms with E-state index in [0.717, 1.165) is 17.3 Å². The Kier molecular flexibility index (Phi) is 6.80. The van der Waals surface area contributed by atoms with Gasteiger partial charge in [0.15, 0.2) is 0 Å². The van der Waals surface area contributed by atoms with Crippen molar-refractivity contribution in [2.75, 3.05) is 6.61 Å². The van der Waals surface area contributed by atoms with Crippen LogP contribution in [-0.2, 0) is 0 Å². The summed E-state index contributed by atoms with van der Waals surface area (Å²) in [5, 5.41) is 9.06. The molecule has 0 saturated heterocycles. The molecule has 0 atom stereocenters. The van der Waals surface area contributed by atoms with Crippen molar-refractivity contribution in [3.63, 3.8) is 0 Å². The summed E-state index contributed by atoms with van der Waals surface area (Å²) in [5.41, 5.74) is 0.206. The monoisotopic (exact) mass is 314 g/mol. The van der Waals surface area contributed by atoms with Crippen molar-refractivity contribution in [2.45, 2.75) is 39.0 Å². The molecule has 1 aromatic rings. The van der Waals surface area contributed by atoms with E-state index in [1.165, 1.54) is 19.3 Å². The van der Waals surface area contributed by atoms with Gasteiger partial charge in [-0.15, -0.1) is 0 Å². The molecular formula is C14H19BrO3. The topological polar surface area (TPSA) is 46.5 Å². The Morgan fingerprint density at radius 3 is 2.67 bits per heavy atom. The number of carboxylic acids is 1. The molecule has 3 nitrogen and oxygen atoms in total. The summed E-state index contributed by atoms with van der Waals surface area (Å²) < 4.78 is 6.28. The van der Waals surface area contributed by atoms with Gasteiger partial charge in [-0.3, -0.25) is 0 Å². The van der Waals surface area contributed by atoms with Crippen molar-refractivity contribution in [3.05, 3.63) is 28.2 Å². The third-order valence-corrected chi connectivity index (χ3v) is 3.17. The molecule has 1 rings (SSSR count). The molecule has 0 amide bonds. The van der Waals surface area contributed by atoms with Gasteiger partial charge in [0.2, 0.25) is 0 Å². The molecule has 1 N–H and O–H groups in total. The molecule has 18 heavy (non-hydrogen) atoms. The summed E-state index contributed by atoms with van der Waals surface area (Å²) in [6, 6.07) is 5.05. The number of benzene rings is 1. The first-order valence-electron chi connectivity index (χ1n) is 6.30. The third-order valence-electron chi connectivity index (χ3n) is 2.68. The van der Waals surface area contributed by atoms with Crippen LogP contribution in [0.1, 0.15) is 49.4 Å². The number of rotatable bonds is 8. The number of unbranched alkanes of at least 4 members (excludes halogenated alkanes) is 4. The van der Waals surface area contributed by atoms with E-state index in [4.69, 9.17) is 9.84 Å². The van der Waals surface area contributed by atoms with E-state index in [0.29, 0.717) is 12.4 Å². The van der Waals surface area contributed by atoms with Crippen LogP contribution in [0.3, 0.4) is 0 Å². The Bertz CT molecular complexity index is 391. The predicted octanol–water partition coefficient (Wildman–Crippen LogP) is 4.50. The number of halogens is 1. The predicted molar refractivity (Wildman–Crippen MR) is 75.4 cm³/mol. The lowest BCUT2D eigenvalue weighted by molar-refractivity contribution is 0.0692. The average molecular weight is 315 g/mol. The first kappa shape index (κ1) is 15.0. The van der Waals surface area contributed by atoms with Crippen LogP contribution >= 0.6 is 15.9 Å². The van der Waals surface area contributed by atoms with Crippen LogP contribution in [-0.4, -0.2) is 17.7 Å². The molecule has 0 saturated carbocycles. The fourth-order valence-corrected chi connectivity index (χ4v) is 2.04. The number of carbonyl (C=O) groups is 1. The highest BCUT2D eigenvalue weighted by atomic mass is 79.9. The van der Waals surface area contributed by atoms with E-state index in [2.05, 4.69) is 22.9 Å². The van der Waals surface area contributed by atoms with Gasteiger partial charge < -0.3 is 9.84 Å². The van der Waals surface area contributed by atoms with Gasteiger partial charge in [-0.1, -0.05) is 48.5 Å². The normalized spacial score (nSPS) is 10.3. The van der Waals surface area contributed by atoms with Gasteiger partial charge in [0.1, 0.15) is 11.3 Å². The van der Waals surface area contributed by atoms with Gasteiger partial charge >= 0.3 is 5.97 Å². The highest BCUT2D eigenvalue weighted by Crippen LogP contribution is 2.23. The summed E-state index contributed by atoms with van der Waals surface area (Å²) >= 11 is 3.26. The van der Waals surface area contributed by atoms with Crippen molar-refractivity contribution in [1.82, 2.24) is 0 Å². The fraction of sp³-hybridized carbons (Fsp3) is 0.500. The molecular weight excluding hydrogens is 296 g/mol. The van der Waals surface area contributed by atoms with Crippen molar-refractivity contribution in [3.8, 4) is 5.75 Å². The van der Waals surface area contributed by atoms with Gasteiger partial charge in [0, 0.05) is 4.47 Å². The second-order valence-electron chi connectivity index (χ2n) is 4.21. The second kappa shape index (κ2) is 8.14. The smallest absolute Gasteiger partial charge is 0.339 e. The van der Waals surface area contributed by atoms with Crippen LogP contribution in [0.15, 0.2) is 22.7 Å². The van der Waals surface area contributed by atoms with E-state index >= 15 is 0 Å². The first-order valence-corrected chi connectivity index (χ1v) is 7.10. The average Bonchev–Trinajstić information content (AvgIpc) is 2.35. The zero-order chi connectivity index (χ0) is 13.4. The second-order valence-corrected chi connectivity index (χ2v) is 5.12. The van der Waals surface area contributed by atoms with Crippen LogP contribution in [0.2, 0.25) is 0 Å². The van der Waals surface area contributed by atoms with Crippen molar-refractivity contribution in [1.29, 1.82) is 0 Å². The molecule has 1 aromatic carbocycles. The van der Waals surface area contributed by atoms with E-state index in [9.17, 15) is 4.79 Å². The van der Waals surface area contributed by atoms with Crippen LogP contribution in [0, 0.1) is 0 Å². The van der Waals surface area contributed by atoms with Crippen molar-refractivity contribution >= 4 is 21.9 Å². The SMILES string of the molecule is CCCCCCCOc1ccc(Br)cc1C(=O)O. The van der Waals surface area contributed by atoms with Crippen LogP contribution in [0.4, 0.5) is 0 Å². The minimum absolute atomic E-state index is 0.206. The zero-order valence-corrected chi connectivity index (χ0v) is 12.2. The lowest BCUT2D eigenvalue weighted by atomic mass is 10.1. The lowest BCUT2D eigenvalue weighted by Crippen LogP contribution is -2.04. The number of ether oxygens (including phenoxy) is 1. The van der Waals surface area contributed by atoms with Gasteiger partial charge in [-0.2, -0.15) is 0 Å². The Balaban J connectivity index is 2.44. The van der Waals surface area contributed by atoms with Crippen LogP contribution in [0.5, 0.6) is 5.75 Å². The summed E-state index contributed by atoms with van der Waals surface area (Å²) in [5.74, 6) is -0.515. The minimum atomic E-state index is -0.961. The summed E-state index contributed by atoms with van der Waals surface area (Å²) in [6.45, 7) is 2.75. The molecule has 0 radical (unpaired) electrons. The van der Waals surface area contributed by atoms with E-state index < -0.39 is 5.97 Å². The first-order chi connectivity index (χ1) is 8.65. The maximum Gasteiger partial charge on any atom is 0.339 e. The molecule has 0 fully saturated rings. The van der Waals surface area contributed by atoms with Gasteiger partial charge in [0.05, 0.1) is 6.61 Å². The Morgan fingerprint density at radius 1 is 1.28 bits per heavy atom. The molecule has 0 aliphatic carbocycles. The summed E-state index contributed by atoms with van der Waals surface area (Å²) in [6.07, 6.45) is 5.78. The van der Waals surface area contributed by atoms with Gasteiger partial charge in [0.25, 0.3) is 0 Å². The molecule has 0 bridgehead atoms. The Hall–Kier alpha value is -1.03. The van der Waals surface area contributed by atoms with E-state index in [-0.39, 0.29) is 5.56 Å². The van der Waals surface area contributed by atoms with E-state index in [1.807, 2.05) is 0 Å². The van der Waals surface area contributed by atoms with E-state index in [1.54, 1.807) is 18.2 Å². The third kappa shape index (κ3) is 5.08. The number of carboxylic acid groups (broad SMARTS) is 1. The fourth-order valence-electron chi connectivity index (χ4n) is 1.68. The zero-order valence-electron chi connectivity index (χ0n) is 10.6. The largest absolute Gasteiger partial charge is 0.493 e. The maximum atomic E-state index is 11.0. The Labute approximate surface area is 116 Å². The number of aromatic carboxylic acids is 1. The quantitative estimate of drug-likeness (QED) is 0.719. The Morgan fingerprint density at radius 2 is 2.00 bits per heavy atom. The standard InChI is InChI=1S/C14H19BrO3/c1-2-3-4-5-6-9-18-13-8-7-11(15)10-12(13)14(16)17/h7-8,10H,2-6,9H2,1H3,(H,16,17). The highest BCUT2D eigenvalue weighted by molar-refractivity contribution is 9.10. The molecule has 0 spiro atoms. The van der Waals surface area contributed by atoms with Crippen molar-refractivity contribution < 1.29 is 14.6 Å². The maximum absolute atomic E-state index is 11.0. The lowest BCUT2D eigenvalue weighted by Gasteiger charge is -2.09. The van der Waals surface area contributed by atoms with Crippen LogP contribution < -0.4 is 4.74 Å². The molecule has 0 aliphatic heterocycles. The van der Waals surface area contributed by atoms with Crippen LogP contribution in [0.25, 0.3) is 0 Å². The van der Waals surface area contributed by atoms with Gasteiger partial charge in [-0.25, -0.2) is 4.79 Å². The highest BCUT2D eigenvalue weighted by Gasteiger charge is 2.11.